The Bertz CT molecular complexity index is 1360. The Labute approximate surface area is 219 Å². The van der Waals surface area contributed by atoms with Crippen LogP contribution in [0, 0.1) is 13.8 Å². The van der Waals surface area contributed by atoms with Crippen LogP contribution in [0.4, 0.5) is 5.13 Å². The summed E-state index contributed by atoms with van der Waals surface area (Å²) >= 11 is 0.973. The molecule has 1 aliphatic heterocycles. The molecule has 1 saturated heterocycles. The normalized spacial score (nSPS) is 16.8. The number of ketones is 1. The second-order valence-corrected chi connectivity index (χ2v) is 9.56. The molecule has 0 unspecified atom stereocenters. The van der Waals surface area contributed by atoms with Gasteiger partial charge < -0.3 is 14.6 Å². The summed E-state index contributed by atoms with van der Waals surface area (Å²) in [5, 5.41) is 11.4. The van der Waals surface area contributed by atoms with E-state index >= 15 is 0 Å². The maximum absolute atomic E-state index is 13.4. The highest BCUT2D eigenvalue weighted by molar-refractivity contribution is 7.17. The molecule has 37 heavy (non-hydrogen) atoms. The molecule has 0 radical (unpaired) electrons. The Kier molecular flexibility index (Phi) is 7.73. The Morgan fingerprint density at radius 3 is 2.35 bits per heavy atom. The number of hydrogen-bond acceptors (Lipinski definition) is 8. The molecule has 8 nitrogen and oxygen atoms in total. The molecular weight excluding hydrogens is 492 g/mol. The molecule has 1 fully saturated rings. The van der Waals surface area contributed by atoms with Gasteiger partial charge in [0.15, 0.2) is 5.13 Å². The number of hydrogen-bond donors (Lipinski definition) is 1. The highest BCUT2D eigenvalue weighted by Gasteiger charge is 2.48. The topological polar surface area (TPSA) is 106 Å². The molecule has 0 spiro atoms. The molecule has 4 rings (SSSR count). The van der Waals surface area contributed by atoms with Gasteiger partial charge in [-0.3, -0.25) is 14.5 Å². The molecule has 9 heteroatoms. The van der Waals surface area contributed by atoms with Gasteiger partial charge in [0.2, 0.25) is 0 Å². The maximum atomic E-state index is 13.4. The van der Waals surface area contributed by atoms with Crippen LogP contribution in [-0.4, -0.2) is 41.0 Å². The fourth-order valence-corrected chi connectivity index (χ4v) is 5.04. The average molecular weight is 521 g/mol. The monoisotopic (exact) mass is 520 g/mol. The second kappa shape index (κ2) is 11.0. The molecule has 3 aromatic rings. The first kappa shape index (κ1) is 26.1. The average Bonchev–Trinajstić information content (AvgIpc) is 3.40. The number of aliphatic hydroxyl groups is 1. The molecule has 192 valence electrons. The largest absolute Gasteiger partial charge is 0.507 e. The molecule has 0 aliphatic carbocycles. The summed E-state index contributed by atoms with van der Waals surface area (Å²) in [6, 6.07) is 13.1. The summed E-state index contributed by atoms with van der Waals surface area (Å²) in [7, 11) is 0. The van der Waals surface area contributed by atoms with Crippen LogP contribution in [0.5, 0.6) is 5.75 Å². The number of anilines is 1. The molecule has 1 aromatic heterocycles. The molecule has 1 amide bonds. The van der Waals surface area contributed by atoms with Gasteiger partial charge in [-0.1, -0.05) is 60.2 Å². The van der Waals surface area contributed by atoms with E-state index in [9.17, 15) is 19.5 Å². The Morgan fingerprint density at radius 1 is 1.05 bits per heavy atom. The summed E-state index contributed by atoms with van der Waals surface area (Å²) in [5.41, 5.74) is 2.32. The number of aliphatic hydroxyl groups excluding tert-OH is 1. The number of carbonyl (C=O) groups excluding carboxylic acids is 3. The van der Waals surface area contributed by atoms with E-state index in [1.54, 1.807) is 50.2 Å². The number of amides is 1. The van der Waals surface area contributed by atoms with Crippen LogP contribution in [-0.2, 0) is 14.3 Å². The van der Waals surface area contributed by atoms with Gasteiger partial charge in [0, 0.05) is 5.56 Å². The SMILES string of the molecule is CCCOc1ccc([C@H]2C(=C(O)c3ccc(C)cc3)C(=O)C(=O)N2c2nc(C)c(C(=O)OCC)s2)cc1. The van der Waals surface area contributed by atoms with Crippen LogP contribution < -0.4 is 9.64 Å². The third kappa shape index (κ3) is 5.13. The molecule has 2 heterocycles. The van der Waals surface area contributed by atoms with Crippen LogP contribution in [0.2, 0.25) is 0 Å². The zero-order valence-electron chi connectivity index (χ0n) is 21.1. The van der Waals surface area contributed by atoms with E-state index in [0.29, 0.717) is 29.2 Å². The van der Waals surface area contributed by atoms with Crippen molar-refractivity contribution in [3.05, 3.63) is 81.4 Å². The first-order valence-corrected chi connectivity index (χ1v) is 12.8. The lowest BCUT2D eigenvalue weighted by Crippen LogP contribution is -2.29. The minimum atomic E-state index is -0.956. The highest BCUT2D eigenvalue weighted by atomic mass is 32.1. The molecule has 1 atom stereocenters. The lowest BCUT2D eigenvalue weighted by molar-refractivity contribution is -0.132. The van der Waals surface area contributed by atoms with E-state index in [1.807, 2.05) is 26.0 Å². The van der Waals surface area contributed by atoms with Gasteiger partial charge in [-0.2, -0.15) is 0 Å². The second-order valence-electron chi connectivity index (χ2n) is 8.58. The smallest absolute Gasteiger partial charge is 0.350 e. The van der Waals surface area contributed by atoms with E-state index in [4.69, 9.17) is 9.47 Å². The van der Waals surface area contributed by atoms with Gasteiger partial charge in [-0.25, -0.2) is 9.78 Å². The van der Waals surface area contributed by atoms with Crippen molar-refractivity contribution in [3.8, 4) is 5.75 Å². The molecule has 0 bridgehead atoms. The predicted molar refractivity (Wildman–Crippen MR) is 141 cm³/mol. The van der Waals surface area contributed by atoms with E-state index < -0.39 is 23.7 Å². The minimum Gasteiger partial charge on any atom is -0.507 e. The number of thiazole rings is 1. The predicted octanol–water partition coefficient (Wildman–Crippen LogP) is 5.35. The van der Waals surface area contributed by atoms with E-state index in [2.05, 4.69) is 4.98 Å². The fraction of sp³-hybridized carbons (Fsp3) is 0.286. The van der Waals surface area contributed by atoms with Crippen molar-refractivity contribution in [2.45, 2.75) is 40.2 Å². The van der Waals surface area contributed by atoms with Crippen LogP contribution in [0.15, 0.2) is 54.1 Å². The quantitative estimate of drug-likeness (QED) is 0.185. The van der Waals surface area contributed by atoms with Crippen LogP contribution in [0.25, 0.3) is 5.76 Å². The number of Topliss-reactive ketones (excluding diaryl/α,β-unsaturated/α-hetero) is 1. The standard InChI is InChI=1S/C28H28N2O6S/c1-5-15-36-20-13-11-18(12-14-20)22-21(23(31)19-9-7-16(3)8-10-19)24(32)26(33)30(22)28-29-17(4)25(37-28)27(34)35-6-2/h7-14,22,31H,5-6,15H2,1-4H3/t22-/m0/s1. The van der Waals surface area contributed by atoms with Crippen LogP contribution in [0.3, 0.4) is 0 Å². The number of rotatable bonds is 8. The third-order valence-corrected chi connectivity index (χ3v) is 7.03. The highest BCUT2D eigenvalue weighted by Crippen LogP contribution is 2.44. The summed E-state index contributed by atoms with van der Waals surface area (Å²) in [6.07, 6.45) is 0.852. The molecule has 2 aromatic carbocycles. The first-order valence-electron chi connectivity index (χ1n) is 12.0. The number of esters is 1. The van der Waals surface area contributed by atoms with E-state index in [1.165, 1.54) is 4.90 Å². The van der Waals surface area contributed by atoms with Crippen molar-refractivity contribution in [2.75, 3.05) is 18.1 Å². The summed E-state index contributed by atoms with van der Waals surface area (Å²) < 4.78 is 10.8. The van der Waals surface area contributed by atoms with E-state index in [0.717, 1.165) is 23.3 Å². The van der Waals surface area contributed by atoms with Gasteiger partial charge in [0.05, 0.1) is 30.5 Å². The number of aromatic nitrogens is 1. The minimum absolute atomic E-state index is 0.0541. The number of ether oxygens (including phenoxy) is 2. The Hall–Kier alpha value is -3.98. The number of carbonyl (C=O) groups is 3. The maximum Gasteiger partial charge on any atom is 0.350 e. The molecular formula is C28H28N2O6S. The van der Waals surface area contributed by atoms with Gasteiger partial charge in [-0.05, 0) is 44.9 Å². The lowest BCUT2D eigenvalue weighted by atomic mass is 9.95. The molecule has 0 saturated carbocycles. The lowest BCUT2D eigenvalue weighted by Gasteiger charge is -2.23. The van der Waals surface area contributed by atoms with Gasteiger partial charge in [-0.15, -0.1) is 0 Å². The summed E-state index contributed by atoms with van der Waals surface area (Å²) in [5.74, 6) is -1.85. The third-order valence-electron chi connectivity index (χ3n) is 5.89. The van der Waals surface area contributed by atoms with Crippen LogP contribution >= 0.6 is 11.3 Å². The van der Waals surface area contributed by atoms with Gasteiger partial charge >= 0.3 is 11.9 Å². The Balaban J connectivity index is 1.86. The number of benzene rings is 2. The van der Waals surface area contributed by atoms with Gasteiger partial charge in [0.25, 0.3) is 5.78 Å². The van der Waals surface area contributed by atoms with Crippen LogP contribution in [0.1, 0.15) is 58.4 Å². The van der Waals surface area contributed by atoms with E-state index in [-0.39, 0.29) is 27.9 Å². The summed E-state index contributed by atoms with van der Waals surface area (Å²) in [6.45, 7) is 8.01. The number of aryl methyl sites for hydroxylation is 2. The van der Waals surface area contributed by atoms with Crippen molar-refractivity contribution >= 4 is 39.9 Å². The zero-order valence-corrected chi connectivity index (χ0v) is 21.9. The zero-order chi connectivity index (χ0) is 26.7. The first-order chi connectivity index (χ1) is 17.8. The molecule has 1 N–H and O–H groups in total. The van der Waals surface area contributed by atoms with Gasteiger partial charge in [0.1, 0.15) is 16.4 Å². The van der Waals surface area contributed by atoms with Crippen molar-refractivity contribution in [1.82, 2.24) is 4.98 Å². The van der Waals surface area contributed by atoms with Crippen molar-refractivity contribution in [1.29, 1.82) is 0 Å². The van der Waals surface area contributed by atoms with Crippen molar-refractivity contribution in [3.63, 3.8) is 0 Å². The van der Waals surface area contributed by atoms with Crippen molar-refractivity contribution in [2.24, 2.45) is 0 Å². The number of nitrogens with zero attached hydrogens (tertiary/aromatic N) is 2. The summed E-state index contributed by atoms with van der Waals surface area (Å²) in [4.78, 5) is 45.1. The fourth-order valence-electron chi connectivity index (χ4n) is 4.05. The Morgan fingerprint density at radius 2 is 1.73 bits per heavy atom. The van der Waals surface area contributed by atoms with Crippen molar-refractivity contribution < 1.29 is 29.0 Å². The molecule has 1 aliphatic rings.